The van der Waals surface area contributed by atoms with E-state index in [0.717, 1.165) is 25.9 Å². The summed E-state index contributed by atoms with van der Waals surface area (Å²) in [6.45, 7) is 3.45. The maximum absolute atomic E-state index is 11.8. The molecule has 104 valence electrons. The number of benzene rings is 1. The van der Waals surface area contributed by atoms with Crippen molar-refractivity contribution in [1.29, 1.82) is 0 Å². The fourth-order valence-corrected chi connectivity index (χ4v) is 4.27. The third-order valence-electron chi connectivity index (χ3n) is 2.99. The standard InChI is InChI=1S/C15H20O3Se/c1-2-3-9-17-11-12-10-14(15(16)18-12)19-13-7-5-4-6-8-13/h4-8,12,14H,2-3,9-11H2,1H3. The summed E-state index contributed by atoms with van der Waals surface area (Å²) in [7, 11) is 0. The number of carbonyl (C=O) groups excluding carboxylic acids is 1. The molecule has 0 N–H and O–H groups in total. The van der Waals surface area contributed by atoms with Gasteiger partial charge in [-0.1, -0.05) is 0 Å². The molecule has 0 aromatic heterocycles. The Morgan fingerprint density at radius 3 is 2.89 bits per heavy atom. The van der Waals surface area contributed by atoms with Crippen molar-refractivity contribution in [2.75, 3.05) is 13.2 Å². The molecule has 3 nitrogen and oxygen atoms in total. The fourth-order valence-electron chi connectivity index (χ4n) is 1.95. The molecule has 1 saturated heterocycles. The van der Waals surface area contributed by atoms with Gasteiger partial charge in [0.1, 0.15) is 0 Å². The predicted octanol–water partition coefficient (Wildman–Crippen LogP) is 1.94. The molecule has 0 bridgehead atoms. The molecule has 1 aliphatic rings. The number of ether oxygens (including phenoxy) is 2. The van der Waals surface area contributed by atoms with Crippen LogP contribution in [0.15, 0.2) is 30.3 Å². The molecule has 2 atom stereocenters. The predicted molar refractivity (Wildman–Crippen MR) is 75.8 cm³/mol. The summed E-state index contributed by atoms with van der Waals surface area (Å²) in [4.78, 5) is 11.9. The van der Waals surface area contributed by atoms with Crippen molar-refractivity contribution in [3.05, 3.63) is 30.3 Å². The summed E-state index contributed by atoms with van der Waals surface area (Å²) >= 11 is 0.163. The Morgan fingerprint density at radius 2 is 2.16 bits per heavy atom. The molecular weight excluding hydrogens is 307 g/mol. The van der Waals surface area contributed by atoms with E-state index in [2.05, 4.69) is 19.1 Å². The fraction of sp³-hybridized carbons (Fsp3) is 0.533. The first-order chi connectivity index (χ1) is 9.29. The summed E-state index contributed by atoms with van der Waals surface area (Å²) < 4.78 is 12.2. The van der Waals surface area contributed by atoms with Crippen LogP contribution in [0.3, 0.4) is 0 Å². The van der Waals surface area contributed by atoms with E-state index in [-0.39, 0.29) is 31.8 Å². The zero-order chi connectivity index (χ0) is 13.5. The minimum absolute atomic E-state index is 0.0417. The van der Waals surface area contributed by atoms with Crippen LogP contribution < -0.4 is 4.46 Å². The van der Waals surface area contributed by atoms with Crippen molar-refractivity contribution in [3.63, 3.8) is 0 Å². The van der Waals surface area contributed by atoms with E-state index >= 15 is 0 Å². The second-order valence-electron chi connectivity index (χ2n) is 4.64. The van der Waals surface area contributed by atoms with Gasteiger partial charge in [-0.05, 0) is 0 Å². The SMILES string of the molecule is CCCCOCC1CC([Se]c2ccccc2)C(=O)O1. The van der Waals surface area contributed by atoms with E-state index in [1.54, 1.807) is 0 Å². The zero-order valence-corrected chi connectivity index (χ0v) is 12.9. The summed E-state index contributed by atoms with van der Waals surface area (Å²) in [5, 5.41) is 0. The molecule has 0 saturated carbocycles. The quantitative estimate of drug-likeness (QED) is 0.436. The average molecular weight is 327 g/mol. The first-order valence-electron chi connectivity index (χ1n) is 6.79. The van der Waals surface area contributed by atoms with E-state index in [1.807, 2.05) is 18.2 Å². The topological polar surface area (TPSA) is 35.5 Å². The summed E-state index contributed by atoms with van der Waals surface area (Å²) in [6, 6.07) is 10.2. The Labute approximate surface area is 120 Å². The molecule has 1 aliphatic heterocycles. The van der Waals surface area contributed by atoms with Crippen molar-refractivity contribution in [2.45, 2.75) is 37.1 Å². The van der Waals surface area contributed by atoms with Crippen molar-refractivity contribution in [2.24, 2.45) is 0 Å². The average Bonchev–Trinajstić information content (AvgIpc) is 2.77. The van der Waals surface area contributed by atoms with Crippen LogP contribution in [0.25, 0.3) is 0 Å². The number of cyclic esters (lactones) is 1. The van der Waals surface area contributed by atoms with Gasteiger partial charge < -0.3 is 0 Å². The minimum atomic E-state index is -0.0482. The van der Waals surface area contributed by atoms with Crippen LogP contribution in [0.5, 0.6) is 0 Å². The number of esters is 1. The normalized spacial score (nSPS) is 22.5. The van der Waals surface area contributed by atoms with Crippen LogP contribution in [-0.2, 0) is 14.3 Å². The molecule has 19 heavy (non-hydrogen) atoms. The molecule has 1 aromatic carbocycles. The molecule has 1 heterocycles. The first-order valence-corrected chi connectivity index (χ1v) is 8.64. The number of unbranched alkanes of at least 4 members (excludes halogenated alkanes) is 1. The molecule has 1 fully saturated rings. The van der Waals surface area contributed by atoms with Gasteiger partial charge in [-0.15, -0.1) is 0 Å². The molecule has 1 aromatic rings. The van der Waals surface area contributed by atoms with E-state index < -0.39 is 0 Å². The Hall–Kier alpha value is -0.831. The summed E-state index contributed by atoms with van der Waals surface area (Å²) in [5.74, 6) is -0.0482. The summed E-state index contributed by atoms with van der Waals surface area (Å²) in [5.41, 5.74) is 0. The van der Waals surface area contributed by atoms with Crippen molar-refractivity contribution in [1.82, 2.24) is 0 Å². The van der Waals surface area contributed by atoms with Crippen molar-refractivity contribution >= 4 is 25.4 Å². The molecule has 2 unspecified atom stereocenters. The second kappa shape index (κ2) is 7.68. The second-order valence-corrected chi connectivity index (χ2v) is 7.32. The van der Waals surface area contributed by atoms with Gasteiger partial charge in [0, 0.05) is 0 Å². The summed E-state index contributed by atoms with van der Waals surface area (Å²) in [6.07, 6.45) is 2.96. The molecule has 2 rings (SSSR count). The van der Waals surface area contributed by atoms with Crippen molar-refractivity contribution < 1.29 is 14.3 Å². The maximum atomic E-state index is 11.8. The number of rotatable bonds is 7. The van der Waals surface area contributed by atoms with Gasteiger partial charge in [0.25, 0.3) is 0 Å². The molecule has 0 spiro atoms. The van der Waals surface area contributed by atoms with E-state index in [0.29, 0.717) is 6.61 Å². The molecule has 0 radical (unpaired) electrons. The van der Waals surface area contributed by atoms with Crippen LogP contribution in [0, 0.1) is 0 Å². The van der Waals surface area contributed by atoms with Crippen LogP contribution in [0.2, 0.25) is 4.82 Å². The third-order valence-corrected chi connectivity index (χ3v) is 5.54. The molecule has 0 aliphatic carbocycles. The molecule has 0 amide bonds. The third kappa shape index (κ3) is 4.64. The Bertz CT molecular complexity index is 394. The van der Waals surface area contributed by atoms with Crippen LogP contribution in [-0.4, -0.2) is 40.2 Å². The van der Waals surface area contributed by atoms with Gasteiger partial charge in [-0.3, -0.25) is 0 Å². The first kappa shape index (κ1) is 14.6. The molecular formula is C15H20O3Se. The van der Waals surface area contributed by atoms with E-state index in [4.69, 9.17) is 9.47 Å². The van der Waals surface area contributed by atoms with Gasteiger partial charge in [0.05, 0.1) is 0 Å². The number of carbonyl (C=O) groups is 1. The monoisotopic (exact) mass is 328 g/mol. The van der Waals surface area contributed by atoms with Gasteiger partial charge in [-0.25, -0.2) is 0 Å². The van der Waals surface area contributed by atoms with E-state index in [9.17, 15) is 4.79 Å². The van der Waals surface area contributed by atoms with Gasteiger partial charge in [0.2, 0.25) is 0 Å². The Morgan fingerprint density at radius 1 is 1.37 bits per heavy atom. The Kier molecular flexibility index (Phi) is 5.90. The van der Waals surface area contributed by atoms with Gasteiger partial charge >= 0.3 is 120 Å². The van der Waals surface area contributed by atoms with Crippen LogP contribution >= 0.6 is 0 Å². The Balaban J connectivity index is 1.76. The van der Waals surface area contributed by atoms with Gasteiger partial charge in [-0.2, -0.15) is 0 Å². The number of hydrogen-bond donors (Lipinski definition) is 0. The van der Waals surface area contributed by atoms with E-state index in [1.165, 1.54) is 4.46 Å². The van der Waals surface area contributed by atoms with Crippen molar-refractivity contribution in [3.8, 4) is 0 Å². The van der Waals surface area contributed by atoms with Gasteiger partial charge in [0.15, 0.2) is 0 Å². The van der Waals surface area contributed by atoms with Crippen LogP contribution in [0.4, 0.5) is 0 Å². The van der Waals surface area contributed by atoms with Crippen LogP contribution in [0.1, 0.15) is 26.2 Å². The number of hydrogen-bond acceptors (Lipinski definition) is 3. The molecule has 4 heteroatoms. The zero-order valence-electron chi connectivity index (χ0n) is 11.2.